The number of hydrogen-bond acceptors (Lipinski definition) is 2. The molecule has 1 N–H and O–H groups in total. The van der Waals surface area contributed by atoms with Crippen LogP contribution in [0, 0.1) is 5.92 Å². The van der Waals surface area contributed by atoms with Crippen LogP contribution in [0.2, 0.25) is 0 Å². The lowest BCUT2D eigenvalue weighted by atomic mass is 10.2. The fourth-order valence-electron chi connectivity index (χ4n) is 1.47. The molecular weight excluding hydrogens is 278 g/mol. The van der Waals surface area contributed by atoms with Gasteiger partial charge in [0, 0.05) is 17.6 Å². The Bertz CT molecular complexity index is 326. The lowest BCUT2D eigenvalue weighted by Crippen LogP contribution is -2.25. The minimum absolute atomic E-state index is 0.505. The molecule has 2 nitrogen and oxygen atoms in total. The quantitative estimate of drug-likeness (QED) is 0.795. The maximum Gasteiger partial charge on any atom is 0.0717 e. The highest BCUT2D eigenvalue weighted by molar-refractivity contribution is 9.11. The summed E-state index contributed by atoms with van der Waals surface area (Å²) in [6.07, 6.45) is 0. The Morgan fingerprint density at radius 1 is 1.41 bits per heavy atom. The molecule has 3 heteroatoms. The first-order valence-corrected chi connectivity index (χ1v) is 6.63. The average Bonchev–Trinajstić information content (AvgIpc) is 2.30. The smallest absolute Gasteiger partial charge is 0.0717 e. The summed E-state index contributed by atoms with van der Waals surface area (Å²) in [7, 11) is 0. The second-order valence-electron chi connectivity index (χ2n) is 4.25. The number of nitrogens with one attached hydrogen (secondary N) is 1. The summed E-state index contributed by atoms with van der Waals surface area (Å²) < 4.78 is 6.65. The number of rotatable bonds is 8. The molecule has 17 heavy (non-hydrogen) atoms. The summed E-state index contributed by atoms with van der Waals surface area (Å²) in [5.41, 5.74) is 1.22. The fourth-order valence-corrected chi connectivity index (χ4v) is 1.66. The standard InChI is InChI=1S/C14H20BrNO/c1-12(8-16-9-13(2)15)10-17-11-14-6-4-3-5-7-14/h3-7,12,16H,2,8-11H2,1H3. The van der Waals surface area contributed by atoms with Crippen molar-refractivity contribution in [1.82, 2.24) is 5.32 Å². The van der Waals surface area contributed by atoms with E-state index in [0.29, 0.717) is 12.5 Å². The van der Waals surface area contributed by atoms with E-state index in [0.717, 1.165) is 24.2 Å². The monoisotopic (exact) mass is 297 g/mol. The van der Waals surface area contributed by atoms with Gasteiger partial charge in [0.2, 0.25) is 0 Å². The zero-order valence-corrected chi connectivity index (χ0v) is 11.9. The van der Waals surface area contributed by atoms with E-state index in [2.05, 4.69) is 46.9 Å². The Morgan fingerprint density at radius 2 is 2.12 bits per heavy atom. The highest BCUT2D eigenvalue weighted by Crippen LogP contribution is 2.03. The Kier molecular flexibility index (Phi) is 7.17. The third-order valence-electron chi connectivity index (χ3n) is 2.32. The zero-order chi connectivity index (χ0) is 12.5. The zero-order valence-electron chi connectivity index (χ0n) is 10.3. The molecule has 94 valence electrons. The minimum atomic E-state index is 0.505. The topological polar surface area (TPSA) is 21.3 Å². The van der Waals surface area contributed by atoms with Gasteiger partial charge in [-0.2, -0.15) is 0 Å². The molecule has 1 aromatic carbocycles. The van der Waals surface area contributed by atoms with E-state index < -0.39 is 0 Å². The van der Waals surface area contributed by atoms with E-state index in [1.807, 2.05) is 18.2 Å². The molecule has 0 bridgehead atoms. The first kappa shape index (κ1) is 14.4. The molecule has 1 unspecified atom stereocenters. The predicted octanol–water partition coefficient (Wildman–Crippen LogP) is 3.34. The summed E-state index contributed by atoms with van der Waals surface area (Å²) in [5, 5.41) is 3.31. The molecule has 0 spiro atoms. The molecule has 0 amide bonds. The van der Waals surface area contributed by atoms with Crippen LogP contribution in [0.5, 0.6) is 0 Å². The third kappa shape index (κ3) is 7.31. The lowest BCUT2D eigenvalue weighted by Gasteiger charge is -2.12. The van der Waals surface area contributed by atoms with E-state index in [9.17, 15) is 0 Å². The Labute approximate surface area is 112 Å². The normalized spacial score (nSPS) is 12.4. The average molecular weight is 298 g/mol. The molecule has 1 rings (SSSR count). The van der Waals surface area contributed by atoms with Crippen LogP contribution in [0.1, 0.15) is 12.5 Å². The molecule has 0 heterocycles. The summed E-state index contributed by atoms with van der Waals surface area (Å²) in [4.78, 5) is 0. The van der Waals surface area contributed by atoms with Crippen molar-refractivity contribution in [3.8, 4) is 0 Å². The van der Waals surface area contributed by atoms with Gasteiger partial charge in [0.1, 0.15) is 0 Å². The summed E-state index contributed by atoms with van der Waals surface area (Å²) in [6, 6.07) is 10.2. The van der Waals surface area contributed by atoms with Gasteiger partial charge in [-0.1, -0.05) is 59.8 Å². The van der Waals surface area contributed by atoms with Crippen molar-refractivity contribution >= 4 is 15.9 Å². The summed E-state index contributed by atoms with van der Waals surface area (Å²) in [6.45, 7) is 9.17. The molecule has 0 aromatic heterocycles. The van der Waals surface area contributed by atoms with Crippen LogP contribution >= 0.6 is 15.9 Å². The lowest BCUT2D eigenvalue weighted by molar-refractivity contribution is 0.0921. The first-order valence-electron chi connectivity index (χ1n) is 5.84. The number of ether oxygens (including phenoxy) is 1. The van der Waals surface area contributed by atoms with Crippen LogP contribution < -0.4 is 5.32 Å². The highest BCUT2D eigenvalue weighted by atomic mass is 79.9. The van der Waals surface area contributed by atoms with E-state index in [-0.39, 0.29) is 0 Å². The van der Waals surface area contributed by atoms with Crippen LogP contribution in [0.3, 0.4) is 0 Å². The second kappa shape index (κ2) is 8.45. The van der Waals surface area contributed by atoms with Gasteiger partial charge < -0.3 is 10.1 Å². The largest absolute Gasteiger partial charge is 0.376 e. The Balaban J connectivity index is 2.08. The second-order valence-corrected chi connectivity index (χ2v) is 5.38. The van der Waals surface area contributed by atoms with E-state index in [1.54, 1.807) is 0 Å². The summed E-state index contributed by atoms with van der Waals surface area (Å²) in [5.74, 6) is 0.505. The van der Waals surface area contributed by atoms with Crippen molar-refractivity contribution in [1.29, 1.82) is 0 Å². The molecule has 0 fully saturated rings. The van der Waals surface area contributed by atoms with Crippen molar-refractivity contribution < 1.29 is 4.74 Å². The number of benzene rings is 1. The minimum Gasteiger partial charge on any atom is -0.376 e. The molecule has 0 saturated carbocycles. The van der Waals surface area contributed by atoms with E-state index in [4.69, 9.17) is 4.74 Å². The molecular formula is C14H20BrNO. The number of hydrogen-bond donors (Lipinski definition) is 1. The third-order valence-corrected chi connectivity index (χ3v) is 2.60. The van der Waals surface area contributed by atoms with E-state index >= 15 is 0 Å². The Morgan fingerprint density at radius 3 is 2.76 bits per heavy atom. The van der Waals surface area contributed by atoms with Gasteiger partial charge in [0.05, 0.1) is 13.2 Å². The maximum absolute atomic E-state index is 5.66. The van der Waals surface area contributed by atoms with Crippen molar-refractivity contribution in [2.75, 3.05) is 19.7 Å². The molecule has 1 atom stereocenters. The molecule has 0 saturated heterocycles. The molecule has 0 aliphatic carbocycles. The van der Waals surface area contributed by atoms with Crippen LogP contribution in [-0.2, 0) is 11.3 Å². The maximum atomic E-state index is 5.66. The van der Waals surface area contributed by atoms with Gasteiger partial charge >= 0.3 is 0 Å². The summed E-state index contributed by atoms with van der Waals surface area (Å²) >= 11 is 3.32. The van der Waals surface area contributed by atoms with Crippen molar-refractivity contribution in [2.24, 2.45) is 5.92 Å². The van der Waals surface area contributed by atoms with Crippen molar-refractivity contribution in [3.63, 3.8) is 0 Å². The van der Waals surface area contributed by atoms with Gasteiger partial charge in [-0.05, 0) is 11.5 Å². The SMILES string of the molecule is C=C(Br)CNCC(C)COCc1ccccc1. The molecule has 0 aliphatic rings. The van der Waals surface area contributed by atoms with Gasteiger partial charge in [-0.25, -0.2) is 0 Å². The van der Waals surface area contributed by atoms with Crippen molar-refractivity contribution in [3.05, 3.63) is 47.0 Å². The highest BCUT2D eigenvalue weighted by Gasteiger charge is 2.02. The van der Waals surface area contributed by atoms with Crippen LogP contribution in [-0.4, -0.2) is 19.7 Å². The van der Waals surface area contributed by atoms with Crippen molar-refractivity contribution in [2.45, 2.75) is 13.5 Å². The van der Waals surface area contributed by atoms with Gasteiger partial charge in [-0.15, -0.1) is 0 Å². The first-order chi connectivity index (χ1) is 8.18. The molecule has 1 aromatic rings. The Hall–Kier alpha value is -0.640. The van der Waals surface area contributed by atoms with Gasteiger partial charge in [0.15, 0.2) is 0 Å². The van der Waals surface area contributed by atoms with Gasteiger partial charge in [0.25, 0.3) is 0 Å². The molecule has 0 radical (unpaired) electrons. The van der Waals surface area contributed by atoms with Crippen LogP contribution in [0.4, 0.5) is 0 Å². The van der Waals surface area contributed by atoms with E-state index in [1.165, 1.54) is 5.56 Å². The predicted molar refractivity (Wildman–Crippen MR) is 76.2 cm³/mol. The van der Waals surface area contributed by atoms with Crippen LogP contribution in [0.25, 0.3) is 0 Å². The fraction of sp³-hybridized carbons (Fsp3) is 0.429. The molecule has 0 aliphatic heterocycles. The number of halogens is 1. The van der Waals surface area contributed by atoms with Gasteiger partial charge in [-0.3, -0.25) is 0 Å². The van der Waals surface area contributed by atoms with Crippen LogP contribution in [0.15, 0.2) is 41.4 Å².